The number of halogens is 1. The molecule has 0 atom stereocenters. The van der Waals surface area contributed by atoms with Crippen LogP contribution in [-0.2, 0) is 0 Å². The van der Waals surface area contributed by atoms with Gasteiger partial charge >= 0.3 is 11.9 Å². The third-order valence-corrected chi connectivity index (χ3v) is 4.95. The number of aromatic carboxylic acids is 2. The number of fused-ring (bicyclic) bond motifs is 2. The number of carbonyl (C=O) groups is 2. The van der Waals surface area contributed by atoms with Crippen LogP contribution in [0.1, 0.15) is 21.1 Å². The Morgan fingerprint density at radius 1 is 0.794 bits per heavy atom. The molecule has 0 aliphatic carbocycles. The molecule has 0 bridgehead atoms. The Bertz CT molecular complexity index is 1420. The Balaban J connectivity index is 1.49. The van der Waals surface area contributed by atoms with Gasteiger partial charge in [-0.1, -0.05) is 12.1 Å². The largest absolute Gasteiger partial charge is 0.491 e. The highest BCUT2D eigenvalue weighted by molar-refractivity contribution is 6.20. The van der Waals surface area contributed by atoms with E-state index >= 15 is 0 Å². The third kappa shape index (κ3) is 4.57. The summed E-state index contributed by atoms with van der Waals surface area (Å²) in [5, 5.41) is 17.5. The minimum Gasteiger partial charge on any atom is -0.491 e. The van der Waals surface area contributed by atoms with Gasteiger partial charge in [0.2, 0.25) is 11.5 Å². The van der Waals surface area contributed by atoms with Gasteiger partial charge in [-0.05, 0) is 24.3 Å². The Labute approximate surface area is 194 Å². The quantitative estimate of drug-likeness (QED) is 0.354. The molecule has 34 heavy (non-hydrogen) atoms. The van der Waals surface area contributed by atoms with E-state index in [-0.39, 0.29) is 46.7 Å². The van der Waals surface area contributed by atoms with E-state index in [1.165, 1.54) is 36.4 Å². The monoisotopic (exact) mass is 486 g/mol. The molecule has 174 valence electrons. The summed E-state index contributed by atoms with van der Waals surface area (Å²) in [7, 11) is 0. The van der Waals surface area contributed by atoms with Crippen molar-refractivity contribution in [1.82, 2.24) is 0 Å². The van der Waals surface area contributed by atoms with Crippen molar-refractivity contribution in [3.63, 3.8) is 0 Å². The lowest BCUT2D eigenvalue weighted by Gasteiger charge is -2.14. The molecule has 0 amide bonds. The molecule has 0 saturated heterocycles. The van der Waals surface area contributed by atoms with Gasteiger partial charge < -0.3 is 28.5 Å². The van der Waals surface area contributed by atoms with Crippen LogP contribution in [0.4, 0.5) is 0 Å². The number of carboxylic acids is 2. The van der Waals surface area contributed by atoms with Crippen molar-refractivity contribution in [2.75, 3.05) is 13.2 Å². The molecule has 10 nitrogen and oxygen atoms in total. The lowest BCUT2D eigenvalue weighted by atomic mass is 10.2. The lowest BCUT2D eigenvalue weighted by molar-refractivity contribution is 0.0653. The standard InChI is InChI=1S/C23H15ClO10/c24-11(9-31-14-3-1-5-16-20(14)12(25)7-18(33-16)22(27)28)10-32-15-4-2-6-17-21(15)13(26)8-19(34-17)23(29)30/h1-8,11H,9-10H2,(H,27,28)(H,29,30). The van der Waals surface area contributed by atoms with E-state index in [4.69, 9.17) is 40.1 Å². The number of alkyl halides is 1. The van der Waals surface area contributed by atoms with Gasteiger partial charge in [-0.2, -0.15) is 0 Å². The van der Waals surface area contributed by atoms with Gasteiger partial charge in [0, 0.05) is 12.1 Å². The van der Waals surface area contributed by atoms with Gasteiger partial charge in [0.15, 0.2) is 10.9 Å². The topological polar surface area (TPSA) is 153 Å². The highest BCUT2D eigenvalue weighted by Gasteiger charge is 2.17. The molecule has 2 aromatic carbocycles. The Hall–Kier alpha value is -4.31. The van der Waals surface area contributed by atoms with Gasteiger partial charge in [-0.25, -0.2) is 9.59 Å². The Morgan fingerprint density at radius 3 is 1.59 bits per heavy atom. The number of ether oxygens (including phenoxy) is 2. The van der Waals surface area contributed by atoms with Gasteiger partial charge in [0.1, 0.15) is 52.0 Å². The zero-order valence-electron chi connectivity index (χ0n) is 17.1. The molecule has 0 fully saturated rings. The van der Waals surface area contributed by atoms with Crippen molar-refractivity contribution in [2.24, 2.45) is 0 Å². The summed E-state index contributed by atoms with van der Waals surface area (Å²) < 4.78 is 21.7. The molecule has 4 rings (SSSR count). The molecule has 0 spiro atoms. The van der Waals surface area contributed by atoms with Gasteiger partial charge in [0.25, 0.3) is 0 Å². The van der Waals surface area contributed by atoms with E-state index in [0.29, 0.717) is 0 Å². The summed E-state index contributed by atoms with van der Waals surface area (Å²) in [6, 6.07) is 10.7. The van der Waals surface area contributed by atoms with Crippen LogP contribution in [0.25, 0.3) is 21.9 Å². The van der Waals surface area contributed by atoms with Gasteiger partial charge in [0.05, 0.1) is 0 Å². The number of benzene rings is 2. The second-order valence-electron chi connectivity index (χ2n) is 7.04. The lowest BCUT2D eigenvalue weighted by Crippen LogP contribution is -2.21. The highest BCUT2D eigenvalue weighted by Crippen LogP contribution is 2.25. The SMILES string of the molecule is O=C(O)c1cc(=O)c2c(OCC(Cl)COc3cccc4oc(C(=O)O)cc(=O)c34)cccc2o1. The van der Waals surface area contributed by atoms with Crippen molar-refractivity contribution in [2.45, 2.75) is 5.38 Å². The van der Waals surface area contributed by atoms with E-state index in [1.807, 2.05) is 0 Å². The predicted molar refractivity (Wildman–Crippen MR) is 120 cm³/mol. The van der Waals surface area contributed by atoms with Crippen LogP contribution in [0.2, 0.25) is 0 Å². The van der Waals surface area contributed by atoms with Crippen molar-refractivity contribution in [3.8, 4) is 11.5 Å². The first-order chi connectivity index (χ1) is 16.2. The number of rotatable bonds is 8. The molecule has 0 unspecified atom stereocenters. The second kappa shape index (κ2) is 9.28. The first-order valence-electron chi connectivity index (χ1n) is 9.74. The third-order valence-electron chi connectivity index (χ3n) is 4.69. The van der Waals surface area contributed by atoms with Crippen LogP contribution in [-0.4, -0.2) is 40.7 Å². The smallest absolute Gasteiger partial charge is 0.371 e. The molecule has 2 heterocycles. The van der Waals surface area contributed by atoms with Crippen molar-refractivity contribution >= 4 is 45.5 Å². The molecule has 4 aromatic rings. The summed E-state index contributed by atoms with van der Waals surface area (Å²) in [5.41, 5.74) is -1.07. The van der Waals surface area contributed by atoms with E-state index < -0.39 is 39.7 Å². The molecule has 11 heteroatoms. The average Bonchev–Trinajstić information content (AvgIpc) is 2.80. The van der Waals surface area contributed by atoms with Crippen LogP contribution >= 0.6 is 11.6 Å². The normalized spacial score (nSPS) is 11.1. The number of carboxylic acid groups (broad SMARTS) is 2. The second-order valence-corrected chi connectivity index (χ2v) is 7.66. The Morgan fingerprint density at radius 2 is 1.21 bits per heavy atom. The summed E-state index contributed by atoms with van der Waals surface area (Å²) in [5.74, 6) is -3.42. The van der Waals surface area contributed by atoms with Crippen LogP contribution < -0.4 is 20.3 Å². The van der Waals surface area contributed by atoms with E-state index in [2.05, 4.69) is 0 Å². The fourth-order valence-electron chi connectivity index (χ4n) is 3.22. The maximum absolute atomic E-state index is 12.4. The van der Waals surface area contributed by atoms with Crippen molar-refractivity contribution < 1.29 is 38.1 Å². The fraction of sp³-hybridized carbons (Fsp3) is 0.130. The first-order valence-corrected chi connectivity index (χ1v) is 10.2. The van der Waals surface area contributed by atoms with Crippen molar-refractivity contribution in [3.05, 3.63) is 80.5 Å². The fourth-order valence-corrected chi connectivity index (χ4v) is 3.34. The van der Waals surface area contributed by atoms with E-state index in [1.54, 1.807) is 0 Å². The molecular formula is C23H15ClO10. The maximum atomic E-state index is 12.4. The molecule has 0 radical (unpaired) electrons. The van der Waals surface area contributed by atoms with Gasteiger partial charge in [-0.3, -0.25) is 9.59 Å². The van der Waals surface area contributed by atoms with Crippen LogP contribution in [0.5, 0.6) is 11.5 Å². The van der Waals surface area contributed by atoms with Crippen molar-refractivity contribution in [1.29, 1.82) is 0 Å². The summed E-state index contributed by atoms with van der Waals surface area (Å²) in [6.07, 6.45) is 0. The van der Waals surface area contributed by atoms with E-state index in [0.717, 1.165) is 12.1 Å². The van der Waals surface area contributed by atoms with Gasteiger partial charge in [-0.15, -0.1) is 11.6 Å². The summed E-state index contributed by atoms with van der Waals surface area (Å²) in [6.45, 7) is -0.188. The average molecular weight is 487 g/mol. The van der Waals surface area contributed by atoms with E-state index in [9.17, 15) is 19.2 Å². The molecule has 2 aromatic heterocycles. The Kier molecular flexibility index (Phi) is 6.24. The number of hydrogen-bond acceptors (Lipinski definition) is 8. The zero-order chi connectivity index (χ0) is 24.4. The number of hydrogen-bond donors (Lipinski definition) is 2. The molecule has 0 aliphatic rings. The minimum atomic E-state index is -1.37. The molecule has 0 saturated carbocycles. The highest BCUT2D eigenvalue weighted by atomic mass is 35.5. The van der Waals surface area contributed by atoms with Crippen LogP contribution in [0, 0.1) is 0 Å². The molecule has 2 N–H and O–H groups in total. The summed E-state index contributed by atoms with van der Waals surface area (Å²) in [4.78, 5) is 46.9. The van der Waals surface area contributed by atoms with Crippen LogP contribution in [0.15, 0.2) is 67.0 Å². The molecular weight excluding hydrogens is 472 g/mol. The summed E-state index contributed by atoms with van der Waals surface area (Å²) >= 11 is 6.29. The molecule has 0 aliphatic heterocycles. The zero-order valence-corrected chi connectivity index (χ0v) is 17.9. The van der Waals surface area contributed by atoms with Crippen LogP contribution in [0.3, 0.4) is 0 Å². The minimum absolute atomic E-state index is 0.0491. The first kappa shape index (κ1) is 22.9. The maximum Gasteiger partial charge on any atom is 0.371 e. The predicted octanol–water partition coefficient (Wildman–Crippen LogP) is 3.36.